The van der Waals surface area contributed by atoms with Crippen LogP contribution in [0.25, 0.3) is 0 Å². The highest BCUT2D eigenvalue weighted by Crippen LogP contribution is 2.72. The molecule has 4 rings (SSSR count). The van der Waals surface area contributed by atoms with E-state index in [-0.39, 0.29) is 12.3 Å². The van der Waals surface area contributed by atoms with Gasteiger partial charge in [0.2, 0.25) is 0 Å². The van der Waals surface area contributed by atoms with E-state index in [1.165, 1.54) is 13.8 Å². The number of hydrogen-bond acceptors (Lipinski definition) is 8. The first-order valence-electron chi connectivity index (χ1n) is 11.5. The Bertz CT molecular complexity index is 838. The summed E-state index contributed by atoms with van der Waals surface area (Å²) in [4.78, 5) is 24.0. The van der Waals surface area contributed by atoms with Gasteiger partial charge in [0.1, 0.15) is 18.3 Å². The number of aliphatic hydroxyl groups excluding tert-OH is 4. The quantitative estimate of drug-likeness (QED) is 0.359. The van der Waals surface area contributed by atoms with E-state index in [0.29, 0.717) is 18.4 Å². The fourth-order valence-electron chi connectivity index (χ4n) is 8.38. The third kappa shape index (κ3) is 2.82. The van der Waals surface area contributed by atoms with E-state index in [2.05, 4.69) is 6.58 Å². The second kappa shape index (κ2) is 7.26. The highest BCUT2D eigenvalue weighted by atomic mass is 16.6. The Morgan fingerprint density at radius 3 is 2.12 bits per heavy atom. The SMILES string of the molecule is C=C1C2CC(O)C3C4(C)C(O)CC(OC(C)=O)C(C)(C)C4C(OC(C)=O)C(O)C3(C2)C1O. The van der Waals surface area contributed by atoms with Crippen LogP contribution in [-0.2, 0) is 19.1 Å². The van der Waals surface area contributed by atoms with Gasteiger partial charge in [0.25, 0.3) is 0 Å². The first-order valence-corrected chi connectivity index (χ1v) is 11.5. The second-order valence-corrected chi connectivity index (χ2v) is 11.3. The fraction of sp³-hybridized carbons (Fsp3) is 0.833. The summed E-state index contributed by atoms with van der Waals surface area (Å²) in [6, 6.07) is 0. The summed E-state index contributed by atoms with van der Waals surface area (Å²) < 4.78 is 11.3. The summed E-state index contributed by atoms with van der Waals surface area (Å²) in [6.45, 7) is 12.2. The van der Waals surface area contributed by atoms with Crippen LogP contribution in [0.3, 0.4) is 0 Å². The third-order valence-corrected chi connectivity index (χ3v) is 9.40. The van der Waals surface area contributed by atoms with Crippen molar-refractivity contribution in [3.8, 4) is 0 Å². The van der Waals surface area contributed by atoms with E-state index in [9.17, 15) is 30.0 Å². The molecule has 1 spiro atoms. The summed E-state index contributed by atoms with van der Waals surface area (Å²) in [5, 5.41) is 45.9. The predicted octanol–water partition coefficient (Wildman–Crippen LogP) is 0.942. The highest BCUT2D eigenvalue weighted by molar-refractivity contribution is 5.67. The monoisotopic (exact) mass is 452 g/mol. The van der Waals surface area contributed by atoms with Gasteiger partial charge in [-0.25, -0.2) is 0 Å². The van der Waals surface area contributed by atoms with Gasteiger partial charge in [0.15, 0.2) is 0 Å². The molecule has 0 amide bonds. The molecule has 0 aromatic rings. The summed E-state index contributed by atoms with van der Waals surface area (Å²) in [5.41, 5.74) is -2.47. The van der Waals surface area contributed by atoms with E-state index < -0.39 is 76.6 Å². The molecule has 4 aliphatic carbocycles. The average molecular weight is 453 g/mol. The van der Waals surface area contributed by atoms with E-state index >= 15 is 0 Å². The Morgan fingerprint density at radius 2 is 1.56 bits per heavy atom. The van der Waals surface area contributed by atoms with E-state index in [1.807, 2.05) is 20.8 Å². The minimum Gasteiger partial charge on any atom is -0.462 e. The molecule has 2 bridgehead atoms. The molecule has 8 heteroatoms. The Hall–Kier alpha value is -1.48. The van der Waals surface area contributed by atoms with Crippen LogP contribution in [0.15, 0.2) is 12.2 Å². The smallest absolute Gasteiger partial charge is 0.303 e. The fourth-order valence-corrected chi connectivity index (χ4v) is 8.38. The van der Waals surface area contributed by atoms with Crippen LogP contribution in [0.2, 0.25) is 0 Å². The first-order chi connectivity index (χ1) is 14.7. The molecule has 0 saturated heterocycles. The van der Waals surface area contributed by atoms with Crippen molar-refractivity contribution in [1.82, 2.24) is 0 Å². The molecule has 32 heavy (non-hydrogen) atoms. The molecule has 4 saturated carbocycles. The molecule has 0 aromatic carbocycles. The summed E-state index contributed by atoms with van der Waals surface area (Å²) >= 11 is 0. The molecule has 8 nitrogen and oxygen atoms in total. The number of aliphatic hydroxyl groups is 4. The number of rotatable bonds is 2. The molecule has 0 heterocycles. The zero-order valence-corrected chi connectivity index (χ0v) is 19.4. The van der Waals surface area contributed by atoms with E-state index in [0.717, 1.165) is 0 Å². The van der Waals surface area contributed by atoms with Crippen LogP contribution in [0.1, 0.15) is 53.9 Å². The number of fused-ring (bicyclic) bond motifs is 3. The van der Waals surface area contributed by atoms with Gasteiger partial charge in [0.05, 0.1) is 18.3 Å². The number of esters is 2. The molecule has 4 N–H and O–H groups in total. The van der Waals surface area contributed by atoms with Crippen LogP contribution < -0.4 is 0 Å². The van der Waals surface area contributed by atoms with Gasteiger partial charge in [-0.1, -0.05) is 27.4 Å². The molecule has 4 fully saturated rings. The van der Waals surface area contributed by atoms with E-state index in [1.54, 1.807) is 0 Å². The Kier molecular flexibility index (Phi) is 5.37. The number of hydrogen-bond donors (Lipinski definition) is 4. The molecule has 0 aromatic heterocycles. The van der Waals surface area contributed by atoms with Gasteiger partial charge in [-0.15, -0.1) is 0 Å². The van der Waals surface area contributed by atoms with Crippen LogP contribution >= 0.6 is 0 Å². The van der Waals surface area contributed by atoms with Crippen LogP contribution in [0.5, 0.6) is 0 Å². The normalized spacial score (nSPS) is 51.4. The third-order valence-electron chi connectivity index (χ3n) is 9.40. The minimum absolute atomic E-state index is 0.141. The molecule has 11 unspecified atom stereocenters. The number of carbonyl (C=O) groups excluding carboxylic acids is 2. The van der Waals surface area contributed by atoms with Gasteiger partial charge < -0.3 is 29.9 Å². The molecular formula is C24H36O8. The lowest BCUT2D eigenvalue weighted by Crippen LogP contribution is -2.76. The van der Waals surface area contributed by atoms with Crippen molar-refractivity contribution in [1.29, 1.82) is 0 Å². The molecule has 11 atom stereocenters. The molecule has 180 valence electrons. The van der Waals surface area contributed by atoms with Crippen LogP contribution in [0.4, 0.5) is 0 Å². The van der Waals surface area contributed by atoms with Crippen molar-refractivity contribution in [2.24, 2.45) is 34.0 Å². The second-order valence-electron chi connectivity index (χ2n) is 11.3. The molecule has 0 aliphatic heterocycles. The number of carbonyl (C=O) groups is 2. The first kappa shape index (κ1) is 23.7. The highest BCUT2D eigenvalue weighted by Gasteiger charge is 2.78. The van der Waals surface area contributed by atoms with Crippen molar-refractivity contribution in [3.63, 3.8) is 0 Å². The largest absolute Gasteiger partial charge is 0.462 e. The van der Waals surface area contributed by atoms with E-state index in [4.69, 9.17) is 9.47 Å². The van der Waals surface area contributed by atoms with Gasteiger partial charge in [-0.3, -0.25) is 9.59 Å². The van der Waals surface area contributed by atoms with Gasteiger partial charge in [0, 0.05) is 48.3 Å². The maximum atomic E-state index is 12.2. The lowest BCUT2D eigenvalue weighted by atomic mass is 9.37. The van der Waals surface area contributed by atoms with Crippen molar-refractivity contribution < 1.29 is 39.5 Å². The van der Waals surface area contributed by atoms with Crippen molar-refractivity contribution in [2.75, 3.05) is 0 Å². The van der Waals surface area contributed by atoms with Crippen LogP contribution in [-0.4, -0.2) is 69.0 Å². The van der Waals surface area contributed by atoms with Crippen molar-refractivity contribution >= 4 is 11.9 Å². The maximum absolute atomic E-state index is 12.2. The standard InChI is InChI=1S/C24H36O8/c1-10-13-7-14(27)18-23(6)15(28)8-16(31-11(2)25)22(4,5)19(23)17(32-12(3)26)21(30)24(18,9-13)20(10)29/h13-21,27-30H,1,7-9H2,2-6H3. The van der Waals surface area contributed by atoms with Crippen LogP contribution in [0, 0.1) is 34.0 Å². The zero-order chi connectivity index (χ0) is 24.0. The van der Waals surface area contributed by atoms with Gasteiger partial charge in [-0.05, 0) is 24.3 Å². The average Bonchev–Trinajstić information content (AvgIpc) is 2.85. The number of ether oxygens (including phenoxy) is 2. The van der Waals surface area contributed by atoms with Crippen molar-refractivity contribution in [3.05, 3.63) is 12.2 Å². The Morgan fingerprint density at radius 1 is 0.969 bits per heavy atom. The maximum Gasteiger partial charge on any atom is 0.303 e. The molecule has 4 aliphatic rings. The van der Waals surface area contributed by atoms with Gasteiger partial charge >= 0.3 is 11.9 Å². The Balaban J connectivity index is 1.94. The van der Waals surface area contributed by atoms with Gasteiger partial charge in [-0.2, -0.15) is 0 Å². The Labute approximate surface area is 188 Å². The molecular weight excluding hydrogens is 416 g/mol. The topological polar surface area (TPSA) is 134 Å². The summed E-state index contributed by atoms with van der Waals surface area (Å²) in [6.07, 6.45) is -5.11. The molecule has 0 radical (unpaired) electrons. The zero-order valence-electron chi connectivity index (χ0n) is 19.4. The predicted molar refractivity (Wildman–Crippen MR) is 113 cm³/mol. The summed E-state index contributed by atoms with van der Waals surface area (Å²) in [7, 11) is 0. The van der Waals surface area contributed by atoms with Crippen molar-refractivity contribution in [2.45, 2.75) is 90.5 Å². The lowest BCUT2D eigenvalue weighted by Gasteiger charge is -2.69. The summed E-state index contributed by atoms with van der Waals surface area (Å²) in [5.74, 6) is -2.56. The minimum atomic E-state index is -1.29. The lowest BCUT2D eigenvalue weighted by molar-refractivity contribution is -0.322.